The van der Waals surface area contributed by atoms with E-state index in [0.717, 1.165) is 108 Å². The lowest BCUT2D eigenvalue weighted by Crippen LogP contribution is -2.51. The number of Topliss-reactive ketones (excluding diaryl/α,β-unsaturated/α-hetero) is 1. The molecule has 6 aromatic rings. The fourth-order valence-electron chi connectivity index (χ4n) is 15.1. The summed E-state index contributed by atoms with van der Waals surface area (Å²) in [7, 11) is -0.531. The van der Waals surface area contributed by atoms with Gasteiger partial charge in [0, 0.05) is 66.7 Å². The first kappa shape index (κ1) is 59.1. The molecule has 0 saturated carbocycles. The minimum Gasteiger partial charge on any atom is -0.497 e. The molecule has 2 aliphatic heterocycles. The van der Waals surface area contributed by atoms with Crippen LogP contribution in [0.15, 0.2) is 85.5 Å². The first-order valence-corrected chi connectivity index (χ1v) is 33.3. The molecule has 414 valence electrons. The quantitative estimate of drug-likeness (QED) is 0.0671. The van der Waals surface area contributed by atoms with Crippen LogP contribution in [0.5, 0.6) is 11.5 Å². The van der Waals surface area contributed by atoms with Gasteiger partial charge in [0.1, 0.15) is 22.8 Å². The number of nitrogens with zero attached hydrogens (tertiary/aromatic N) is 6. The standard InChI is InChI=1S/C32H49N3O2Si.C32H47N3O2Si/c2*1-21(2)38(22(3)4,23(5)6)35-17-15-28-30(25(8)18-33-32(28)35)31(36)29-20-34(16-14-24(29)7)19-26-10-12-27(37-9)13-11-26/h10-13,15,17-18,21-24,29,31,36H,14,16,19-20H2,1-9H3;10-13,15,17-18,21-24,29H,14,16,19-20H2,1-9H3/t24-,29+,31?;24-,29+/m00/s1. The van der Waals surface area contributed by atoms with Crippen LogP contribution >= 0.6 is 0 Å². The molecule has 0 spiro atoms. The third-order valence-electron chi connectivity index (χ3n) is 18.8. The third-order valence-corrected chi connectivity index (χ3v) is 32.3. The van der Waals surface area contributed by atoms with E-state index >= 15 is 0 Å². The summed E-state index contributed by atoms with van der Waals surface area (Å²) in [5, 5.41) is 14.2. The van der Waals surface area contributed by atoms with Crippen molar-refractivity contribution in [3.63, 3.8) is 0 Å². The Morgan fingerprint density at radius 1 is 0.592 bits per heavy atom. The van der Waals surface area contributed by atoms with Gasteiger partial charge < -0.3 is 23.0 Å². The zero-order chi connectivity index (χ0) is 55.6. The molecule has 76 heavy (non-hydrogen) atoms. The molecule has 1 unspecified atom stereocenters. The molecule has 2 saturated heterocycles. The number of hydrogen-bond acceptors (Lipinski definition) is 8. The van der Waals surface area contributed by atoms with Crippen molar-refractivity contribution in [2.75, 3.05) is 40.4 Å². The maximum Gasteiger partial charge on any atom is 0.171 e. The highest BCUT2D eigenvalue weighted by molar-refractivity contribution is 6.83. The Labute approximate surface area is 460 Å². The third kappa shape index (κ3) is 11.3. The number of methoxy groups -OCH3 is 2. The van der Waals surface area contributed by atoms with Crippen LogP contribution in [0.4, 0.5) is 0 Å². The predicted molar refractivity (Wildman–Crippen MR) is 322 cm³/mol. The molecular formula is C64H96N6O4Si2. The zero-order valence-corrected chi connectivity index (χ0v) is 51.9. The van der Waals surface area contributed by atoms with Crippen LogP contribution in [-0.4, -0.2) is 96.0 Å². The molecule has 12 heteroatoms. The number of hydrogen-bond donors (Lipinski definition) is 1. The van der Waals surface area contributed by atoms with Crippen LogP contribution in [-0.2, 0) is 13.1 Å². The van der Waals surface area contributed by atoms with Crippen LogP contribution in [0, 0.1) is 37.5 Å². The number of benzene rings is 2. The van der Waals surface area contributed by atoms with Crippen molar-refractivity contribution < 1.29 is 19.4 Å². The lowest BCUT2D eigenvalue weighted by atomic mass is 9.79. The second-order valence-electron chi connectivity index (χ2n) is 25.0. The van der Waals surface area contributed by atoms with Gasteiger partial charge >= 0.3 is 0 Å². The Bertz CT molecular complexity index is 2820. The van der Waals surface area contributed by atoms with Crippen molar-refractivity contribution >= 4 is 44.3 Å². The molecule has 0 amide bonds. The van der Waals surface area contributed by atoms with Crippen LogP contribution < -0.4 is 9.47 Å². The lowest BCUT2D eigenvalue weighted by Gasteiger charge is -2.44. The summed E-state index contributed by atoms with van der Waals surface area (Å²) in [5.74, 6) is 3.02. The summed E-state index contributed by atoms with van der Waals surface area (Å²) in [5.41, 5.74) is 12.1. The number of aryl methyl sites for hydroxylation is 2. The van der Waals surface area contributed by atoms with Gasteiger partial charge in [-0.1, -0.05) is 121 Å². The van der Waals surface area contributed by atoms with Gasteiger partial charge in [0.25, 0.3) is 0 Å². The number of likely N-dealkylation sites (tertiary alicyclic amines) is 2. The number of aromatic nitrogens is 4. The zero-order valence-electron chi connectivity index (χ0n) is 49.9. The van der Waals surface area contributed by atoms with Crippen LogP contribution in [0.1, 0.15) is 154 Å². The number of carbonyl (C=O) groups is 1. The maximum absolute atomic E-state index is 14.3. The first-order chi connectivity index (χ1) is 36.0. The molecule has 8 rings (SSSR count). The number of aliphatic hydroxyl groups is 1. The van der Waals surface area contributed by atoms with E-state index in [1.54, 1.807) is 14.2 Å². The van der Waals surface area contributed by atoms with E-state index in [4.69, 9.17) is 19.4 Å². The Morgan fingerprint density at radius 2 is 1.00 bits per heavy atom. The summed E-state index contributed by atoms with van der Waals surface area (Å²) in [6, 6.07) is 21.1. The summed E-state index contributed by atoms with van der Waals surface area (Å²) < 4.78 is 15.7. The molecule has 0 aliphatic carbocycles. The molecule has 6 heterocycles. The van der Waals surface area contributed by atoms with Crippen LogP contribution in [0.2, 0.25) is 33.2 Å². The van der Waals surface area contributed by atoms with Gasteiger partial charge in [-0.25, -0.2) is 9.97 Å². The van der Waals surface area contributed by atoms with Gasteiger partial charge in [-0.2, -0.15) is 0 Å². The molecule has 4 aromatic heterocycles. The molecule has 5 atom stereocenters. The van der Waals surface area contributed by atoms with E-state index in [9.17, 15) is 9.90 Å². The fourth-order valence-corrected chi connectivity index (χ4v) is 28.2. The smallest absolute Gasteiger partial charge is 0.171 e. The highest BCUT2D eigenvalue weighted by Crippen LogP contribution is 2.47. The lowest BCUT2D eigenvalue weighted by molar-refractivity contribution is 0.0156. The van der Waals surface area contributed by atoms with E-state index in [0.29, 0.717) is 45.1 Å². The normalized spacial score (nSPS) is 19.6. The van der Waals surface area contributed by atoms with Crippen molar-refractivity contribution in [3.8, 4) is 11.5 Å². The SMILES string of the molecule is COc1ccc(CN2CC[C@H](C)[C@H](C(=O)c3c(C)cnc4c3ccn4[Si](C(C)C)(C(C)C)C(C)C)C2)cc1.COc1ccc(CN2CC[C@H](C)[C@H](C(O)c3c(C)cnc4c3ccn4[Si](C(C)C)(C(C)C)C(C)C)C2)cc1. The molecule has 2 aliphatic rings. The monoisotopic (exact) mass is 1070 g/mol. The number of rotatable bonds is 18. The minimum absolute atomic E-state index is 0.0167. The average molecular weight is 1070 g/mol. The molecule has 10 nitrogen and oxygen atoms in total. The highest BCUT2D eigenvalue weighted by atomic mass is 28.3. The second kappa shape index (κ2) is 24.6. The van der Waals surface area contributed by atoms with Crippen molar-refractivity contribution in [1.29, 1.82) is 0 Å². The second-order valence-corrected chi connectivity index (χ2v) is 36.4. The van der Waals surface area contributed by atoms with Gasteiger partial charge in [-0.15, -0.1) is 0 Å². The Balaban J connectivity index is 0.000000221. The van der Waals surface area contributed by atoms with Gasteiger partial charge in [-0.3, -0.25) is 14.6 Å². The van der Waals surface area contributed by atoms with Crippen LogP contribution in [0.3, 0.4) is 0 Å². The van der Waals surface area contributed by atoms with Crippen molar-refractivity contribution in [2.45, 2.75) is 176 Å². The number of pyridine rings is 2. The van der Waals surface area contributed by atoms with Crippen molar-refractivity contribution in [1.82, 2.24) is 28.2 Å². The number of ketones is 1. The van der Waals surface area contributed by atoms with Crippen LogP contribution in [0.25, 0.3) is 22.1 Å². The fraction of sp³-hybridized carbons (Fsp3) is 0.578. The summed E-state index contributed by atoms with van der Waals surface area (Å²) in [4.78, 5) is 29.2. The van der Waals surface area contributed by atoms with Gasteiger partial charge in [0.2, 0.25) is 0 Å². The molecular weight excluding hydrogens is 973 g/mol. The first-order valence-electron chi connectivity index (χ1n) is 28.9. The average Bonchev–Trinajstić information content (AvgIpc) is 4.04. The van der Waals surface area contributed by atoms with Gasteiger partial charge in [0.05, 0.1) is 20.3 Å². The molecule has 1 N–H and O–H groups in total. The summed E-state index contributed by atoms with van der Waals surface area (Å²) in [6.07, 6.45) is 10.1. The largest absolute Gasteiger partial charge is 0.497 e. The molecule has 0 bridgehead atoms. The Morgan fingerprint density at radius 3 is 1.45 bits per heavy atom. The highest BCUT2D eigenvalue weighted by Gasteiger charge is 2.48. The molecule has 0 radical (unpaired) electrons. The number of ether oxygens (including phenoxy) is 2. The maximum atomic E-state index is 14.3. The van der Waals surface area contributed by atoms with E-state index in [2.05, 4.69) is 178 Å². The predicted octanol–water partition coefficient (Wildman–Crippen LogP) is 15.3. The van der Waals surface area contributed by atoms with Crippen molar-refractivity contribution in [2.24, 2.45) is 23.7 Å². The number of carbonyl (C=O) groups excluding carboxylic acids is 1. The van der Waals surface area contributed by atoms with Gasteiger partial charge in [0.15, 0.2) is 22.3 Å². The minimum atomic E-state index is -1.98. The number of piperidine rings is 2. The molecule has 2 aromatic carbocycles. The summed E-state index contributed by atoms with van der Waals surface area (Å²) in [6.45, 7) is 42.8. The number of aliphatic hydroxyl groups excluding tert-OH is 1. The topological polar surface area (TPSA) is 97.9 Å². The van der Waals surface area contributed by atoms with E-state index in [1.165, 1.54) is 11.1 Å². The Hall–Kier alpha value is -4.60. The van der Waals surface area contributed by atoms with Gasteiger partial charge in [-0.05, 0) is 161 Å². The Kier molecular flexibility index (Phi) is 19.1. The van der Waals surface area contributed by atoms with E-state index < -0.39 is 22.6 Å². The van der Waals surface area contributed by atoms with E-state index in [-0.39, 0.29) is 17.6 Å². The number of fused-ring (bicyclic) bond motifs is 2. The van der Waals surface area contributed by atoms with Crippen molar-refractivity contribution in [3.05, 3.63) is 119 Å². The summed E-state index contributed by atoms with van der Waals surface area (Å²) >= 11 is 0. The molecule has 2 fully saturated rings. The van der Waals surface area contributed by atoms with E-state index in [1.807, 2.05) is 36.7 Å².